The molecule has 2 fully saturated rings. The quantitative estimate of drug-likeness (QED) is 0.511. The van der Waals surface area contributed by atoms with E-state index in [1.165, 1.54) is 11.9 Å². The number of nitrogens with one attached hydrogen (secondary N) is 2. The lowest BCUT2D eigenvalue weighted by molar-refractivity contribution is -0.176. The van der Waals surface area contributed by atoms with E-state index in [9.17, 15) is 28.8 Å². The summed E-state index contributed by atoms with van der Waals surface area (Å²) in [6.07, 6.45) is 1.18. The van der Waals surface area contributed by atoms with Crippen LogP contribution in [-0.4, -0.2) is 70.4 Å². The number of carbonyl (C=O) groups is 6. The van der Waals surface area contributed by atoms with Gasteiger partial charge in [-0.15, -0.1) is 0 Å². The molecule has 2 aromatic carbocycles. The van der Waals surface area contributed by atoms with Crippen molar-refractivity contribution in [1.29, 1.82) is 0 Å². The van der Waals surface area contributed by atoms with Crippen LogP contribution in [0.25, 0.3) is 11.1 Å². The van der Waals surface area contributed by atoms with Crippen molar-refractivity contribution in [1.82, 2.24) is 20.7 Å². The van der Waals surface area contributed by atoms with Gasteiger partial charge < -0.3 is 15.4 Å². The summed E-state index contributed by atoms with van der Waals surface area (Å²) >= 11 is 0. The highest BCUT2D eigenvalue weighted by Crippen LogP contribution is 2.25. The Hall–Kier alpha value is -4.34. The topological polar surface area (TPSA) is 133 Å². The van der Waals surface area contributed by atoms with Crippen LogP contribution in [0.15, 0.2) is 54.6 Å². The molecule has 2 aliphatic rings. The molecule has 10 nitrogen and oxygen atoms in total. The van der Waals surface area contributed by atoms with Gasteiger partial charge in [0.2, 0.25) is 11.8 Å². The maximum atomic E-state index is 13.6. The first-order chi connectivity index (χ1) is 18.3. The highest BCUT2D eigenvalue weighted by Gasteiger charge is 2.44. The number of aldehydes is 1. The number of Topliss-reactive ketones (excluding diaryl/α,β-unsaturated/α-hetero) is 1. The summed E-state index contributed by atoms with van der Waals surface area (Å²) in [5, 5.41) is 7.62. The Labute approximate surface area is 220 Å². The highest BCUT2D eigenvalue weighted by molar-refractivity contribution is 6.00. The van der Waals surface area contributed by atoms with E-state index in [1.54, 1.807) is 12.1 Å². The van der Waals surface area contributed by atoms with Gasteiger partial charge in [0.05, 0.1) is 6.04 Å². The van der Waals surface area contributed by atoms with Crippen molar-refractivity contribution in [2.24, 2.45) is 0 Å². The van der Waals surface area contributed by atoms with Crippen LogP contribution in [0.5, 0.6) is 0 Å². The van der Waals surface area contributed by atoms with Crippen LogP contribution < -0.4 is 10.6 Å². The molecular weight excluding hydrogens is 488 g/mol. The zero-order valence-corrected chi connectivity index (χ0v) is 21.1. The highest BCUT2D eigenvalue weighted by atomic mass is 16.2. The number of hydrogen-bond donors (Lipinski definition) is 2. The lowest BCUT2D eigenvalue weighted by Gasteiger charge is -2.43. The fourth-order valence-electron chi connectivity index (χ4n) is 4.81. The molecule has 2 aliphatic heterocycles. The minimum atomic E-state index is -1.04. The molecule has 2 N–H and O–H groups in total. The maximum Gasteiger partial charge on any atom is 0.264 e. The molecule has 2 saturated heterocycles. The number of carbonyl (C=O) groups excluding carboxylic acids is 6. The molecule has 0 spiro atoms. The van der Waals surface area contributed by atoms with Crippen molar-refractivity contribution in [2.75, 3.05) is 6.54 Å². The van der Waals surface area contributed by atoms with Crippen molar-refractivity contribution >= 4 is 35.7 Å². The van der Waals surface area contributed by atoms with Gasteiger partial charge in [-0.2, -0.15) is 0 Å². The van der Waals surface area contributed by atoms with Crippen LogP contribution in [0.1, 0.15) is 49.4 Å². The summed E-state index contributed by atoms with van der Waals surface area (Å²) in [6.45, 7) is 1.57. The van der Waals surface area contributed by atoms with Crippen LogP contribution in [0.4, 0.5) is 0 Å². The van der Waals surface area contributed by atoms with Gasteiger partial charge in [-0.3, -0.25) is 29.0 Å². The summed E-state index contributed by atoms with van der Waals surface area (Å²) in [4.78, 5) is 75.3. The minimum absolute atomic E-state index is 0.0236. The Kier molecular flexibility index (Phi) is 8.30. The molecule has 2 heterocycles. The van der Waals surface area contributed by atoms with Gasteiger partial charge in [0.1, 0.15) is 24.2 Å². The van der Waals surface area contributed by atoms with Crippen LogP contribution in [0.2, 0.25) is 0 Å². The number of fused-ring (bicyclic) bond motifs is 1. The van der Waals surface area contributed by atoms with Crippen molar-refractivity contribution in [3.05, 3.63) is 60.2 Å². The Morgan fingerprint density at radius 3 is 2.34 bits per heavy atom. The number of hydrogen-bond acceptors (Lipinski definition) is 6. The van der Waals surface area contributed by atoms with Crippen molar-refractivity contribution < 1.29 is 28.8 Å². The van der Waals surface area contributed by atoms with Gasteiger partial charge in [0, 0.05) is 24.9 Å². The number of rotatable bonds is 8. The third kappa shape index (κ3) is 5.96. The summed E-state index contributed by atoms with van der Waals surface area (Å²) < 4.78 is 0. The number of benzene rings is 2. The van der Waals surface area contributed by atoms with E-state index in [0.29, 0.717) is 18.3 Å². The molecule has 0 radical (unpaired) electrons. The monoisotopic (exact) mass is 518 g/mol. The third-order valence-electron chi connectivity index (χ3n) is 6.72. The third-order valence-corrected chi connectivity index (χ3v) is 6.72. The van der Waals surface area contributed by atoms with Crippen molar-refractivity contribution in [2.45, 2.75) is 57.2 Å². The first-order valence-corrected chi connectivity index (χ1v) is 12.6. The number of amides is 4. The van der Waals surface area contributed by atoms with Gasteiger partial charge >= 0.3 is 0 Å². The lowest BCUT2D eigenvalue weighted by Crippen LogP contribution is -2.64. The van der Waals surface area contributed by atoms with E-state index in [4.69, 9.17) is 0 Å². The molecule has 2 aromatic rings. The minimum Gasteiger partial charge on any atom is -0.344 e. The maximum absolute atomic E-state index is 13.6. The molecule has 0 aromatic heterocycles. The number of nitrogens with zero attached hydrogens (tertiary/aromatic N) is 2. The van der Waals surface area contributed by atoms with Crippen LogP contribution >= 0.6 is 0 Å². The van der Waals surface area contributed by atoms with Crippen molar-refractivity contribution in [3.8, 4) is 11.1 Å². The van der Waals surface area contributed by atoms with E-state index >= 15 is 0 Å². The first kappa shape index (κ1) is 26.7. The van der Waals surface area contributed by atoms with E-state index in [1.807, 2.05) is 42.5 Å². The van der Waals surface area contributed by atoms with Gasteiger partial charge in [0.15, 0.2) is 0 Å². The second-order valence-electron chi connectivity index (χ2n) is 9.52. The first-order valence-electron chi connectivity index (χ1n) is 12.6. The molecule has 0 bridgehead atoms. The molecule has 3 atom stereocenters. The molecule has 0 aliphatic carbocycles. The van der Waals surface area contributed by atoms with Crippen molar-refractivity contribution in [3.63, 3.8) is 0 Å². The molecule has 0 unspecified atom stereocenters. The standard InChI is InChI=1S/C28H30N4O6/c1-18(34)16-22(17-33)29-27(37)24-8-5-15-31-25(35)14-13-23(28(38)32(24)31)30-26(36)21-11-9-20(10-12-21)19-6-3-2-4-7-19/h2-4,6-7,9-12,17,22-24H,5,8,13-16H2,1H3,(H,29,37)(H,30,36)/t22-,23-,24-/m0/s1. The Bertz CT molecular complexity index is 1230. The fraction of sp³-hybridized carbons (Fsp3) is 0.357. The second-order valence-corrected chi connectivity index (χ2v) is 9.52. The average molecular weight is 519 g/mol. The molecule has 198 valence electrons. The second kappa shape index (κ2) is 11.8. The van der Waals surface area contributed by atoms with E-state index in [0.717, 1.165) is 16.1 Å². The zero-order valence-electron chi connectivity index (χ0n) is 21.1. The van der Waals surface area contributed by atoms with E-state index in [2.05, 4.69) is 10.6 Å². The van der Waals surface area contributed by atoms with E-state index < -0.39 is 35.8 Å². The molecule has 4 rings (SSSR count). The normalized spacial score (nSPS) is 20.1. The summed E-state index contributed by atoms with van der Waals surface area (Å²) in [5.41, 5.74) is 2.30. The van der Waals surface area contributed by atoms with Crippen LogP contribution in [0.3, 0.4) is 0 Å². The SMILES string of the molecule is CC(=O)C[C@@H](C=O)NC(=O)[C@@H]1CCCN2C(=O)CC[C@H](NC(=O)c3ccc(-c4ccccc4)cc3)C(=O)N12. The molecule has 38 heavy (non-hydrogen) atoms. The lowest BCUT2D eigenvalue weighted by atomic mass is 10.0. The Balaban J connectivity index is 1.50. The smallest absolute Gasteiger partial charge is 0.264 e. The predicted octanol–water partition coefficient (Wildman–Crippen LogP) is 1.64. The molecular formula is C28H30N4O6. The molecule has 4 amide bonds. The predicted molar refractivity (Wildman–Crippen MR) is 137 cm³/mol. The molecule has 0 saturated carbocycles. The van der Waals surface area contributed by atoms with Crippen LogP contribution in [0, 0.1) is 0 Å². The fourth-order valence-corrected chi connectivity index (χ4v) is 4.81. The van der Waals surface area contributed by atoms with E-state index in [-0.39, 0.29) is 43.9 Å². The Morgan fingerprint density at radius 2 is 1.68 bits per heavy atom. The average Bonchev–Trinajstić information content (AvgIpc) is 3.05. The Morgan fingerprint density at radius 1 is 1.00 bits per heavy atom. The summed E-state index contributed by atoms with van der Waals surface area (Å²) in [6, 6.07) is 13.6. The summed E-state index contributed by atoms with van der Waals surface area (Å²) in [5.74, 6) is -2.26. The summed E-state index contributed by atoms with van der Waals surface area (Å²) in [7, 11) is 0. The van der Waals surface area contributed by atoms with Gasteiger partial charge in [-0.05, 0) is 49.4 Å². The number of ketones is 1. The molecule has 10 heteroatoms. The largest absolute Gasteiger partial charge is 0.344 e. The van der Waals surface area contributed by atoms with Gasteiger partial charge in [0.25, 0.3) is 11.8 Å². The van der Waals surface area contributed by atoms with Gasteiger partial charge in [-0.25, -0.2) is 5.01 Å². The number of hydrazine groups is 1. The van der Waals surface area contributed by atoms with Crippen LogP contribution in [-0.2, 0) is 24.0 Å². The zero-order chi connectivity index (χ0) is 27.2. The van der Waals surface area contributed by atoms with Gasteiger partial charge in [-0.1, -0.05) is 42.5 Å².